The molecule has 3 rings (SSSR count). The van der Waals surface area contributed by atoms with Gasteiger partial charge in [-0.15, -0.1) is 0 Å². The Morgan fingerprint density at radius 3 is 2.79 bits per heavy atom. The Bertz CT molecular complexity index is 646. The molecular weight excluding hydrogens is 302 g/mol. The van der Waals surface area contributed by atoms with Crippen molar-refractivity contribution in [2.24, 2.45) is 0 Å². The monoisotopic (exact) mass is 327 g/mol. The Kier molecular flexibility index (Phi) is 5.54. The summed E-state index contributed by atoms with van der Waals surface area (Å²) in [6, 6.07) is 10.3. The summed E-state index contributed by atoms with van der Waals surface area (Å²) in [7, 11) is 1.64. The lowest BCUT2D eigenvalue weighted by atomic mass is 10.0. The quantitative estimate of drug-likeness (QED) is 0.856. The van der Waals surface area contributed by atoms with Crippen LogP contribution >= 0.6 is 0 Å². The molecule has 2 aromatic rings. The first kappa shape index (κ1) is 16.6. The van der Waals surface area contributed by atoms with E-state index in [1.807, 2.05) is 41.6 Å². The standard InChI is InChI=1S/C19H25N3O2/c1-24-18-5-3-2-4-16(18)12-19(23)22-10-7-17(8-11-22)21-14-15-6-9-20-13-15/h2-6,9,13,17,20-21H,7-8,10-12,14H2,1H3. The summed E-state index contributed by atoms with van der Waals surface area (Å²) in [4.78, 5) is 17.6. The lowest BCUT2D eigenvalue weighted by molar-refractivity contribution is -0.131. The number of hydrogen-bond acceptors (Lipinski definition) is 3. The van der Waals surface area contributed by atoms with Crippen molar-refractivity contribution >= 4 is 5.91 Å². The van der Waals surface area contributed by atoms with Gasteiger partial charge in [-0.3, -0.25) is 4.79 Å². The van der Waals surface area contributed by atoms with E-state index in [0.29, 0.717) is 12.5 Å². The van der Waals surface area contributed by atoms with E-state index in [-0.39, 0.29) is 5.91 Å². The molecule has 1 aromatic carbocycles. The van der Waals surface area contributed by atoms with E-state index in [4.69, 9.17) is 4.74 Å². The van der Waals surface area contributed by atoms with Gasteiger partial charge >= 0.3 is 0 Å². The molecule has 5 nitrogen and oxygen atoms in total. The maximum absolute atomic E-state index is 12.5. The van der Waals surface area contributed by atoms with E-state index in [9.17, 15) is 4.79 Å². The lowest BCUT2D eigenvalue weighted by Gasteiger charge is -2.32. The molecule has 1 fully saturated rings. The summed E-state index contributed by atoms with van der Waals surface area (Å²) in [6.07, 6.45) is 6.37. The minimum Gasteiger partial charge on any atom is -0.496 e. The molecule has 0 aliphatic carbocycles. The number of piperidine rings is 1. The number of H-pyrrole nitrogens is 1. The van der Waals surface area contributed by atoms with Gasteiger partial charge in [0.2, 0.25) is 5.91 Å². The van der Waals surface area contributed by atoms with Crippen molar-refractivity contribution < 1.29 is 9.53 Å². The zero-order valence-corrected chi connectivity index (χ0v) is 14.1. The molecule has 24 heavy (non-hydrogen) atoms. The first-order valence-corrected chi connectivity index (χ1v) is 8.51. The first-order valence-electron chi connectivity index (χ1n) is 8.51. The Morgan fingerprint density at radius 2 is 2.08 bits per heavy atom. The zero-order valence-electron chi connectivity index (χ0n) is 14.1. The minimum absolute atomic E-state index is 0.184. The maximum Gasteiger partial charge on any atom is 0.227 e. The molecule has 0 saturated carbocycles. The van der Waals surface area contributed by atoms with Crippen molar-refractivity contribution in [2.45, 2.75) is 31.8 Å². The van der Waals surface area contributed by atoms with Gasteiger partial charge in [-0.25, -0.2) is 0 Å². The summed E-state index contributed by atoms with van der Waals surface area (Å²) in [5, 5.41) is 3.57. The molecule has 0 atom stereocenters. The number of rotatable bonds is 6. The van der Waals surface area contributed by atoms with E-state index >= 15 is 0 Å². The van der Waals surface area contributed by atoms with E-state index in [1.54, 1.807) is 7.11 Å². The second kappa shape index (κ2) is 8.02. The van der Waals surface area contributed by atoms with Crippen molar-refractivity contribution in [3.05, 3.63) is 53.9 Å². The third kappa shape index (κ3) is 4.17. The van der Waals surface area contributed by atoms with Gasteiger partial charge in [0.15, 0.2) is 0 Å². The number of carbonyl (C=O) groups excluding carboxylic acids is 1. The number of carbonyl (C=O) groups is 1. The topological polar surface area (TPSA) is 57.4 Å². The highest BCUT2D eigenvalue weighted by Gasteiger charge is 2.23. The molecule has 1 aliphatic rings. The predicted molar refractivity (Wildman–Crippen MR) is 93.9 cm³/mol. The molecular formula is C19H25N3O2. The number of aromatic nitrogens is 1. The van der Waals surface area contributed by atoms with Gasteiger partial charge in [0.1, 0.15) is 5.75 Å². The normalized spacial score (nSPS) is 15.5. The fraction of sp³-hybridized carbons (Fsp3) is 0.421. The predicted octanol–water partition coefficient (Wildman–Crippen LogP) is 2.35. The number of ether oxygens (including phenoxy) is 1. The molecule has 2 heterocycles. The van der Waals surface area contributed by atoms with Gasteiger partial charge in [-0.2, -0.15) is 0 Å². The molecule has 5 heteroatoms. The van der Waals surface area contributed by atoms with Crippen LogP contribution in [-0.2, 0) is 17.8 Å². The van der Waals surface area contributed by atoms with Crippen LogP contribution in [-0.4, -0.2) is 42.0 Å². The number of nitrogens with one attached hydrogen (secondary N) is 2. The smallest absolute Gasteiger partial charge is 0.227 e. The Morgan fingerprint density at radius 1 is 1.29 bits per heavy atom. The van der Waals surface area contributed by atoms with Crippen LogP contribution in [0.2, 0.25) is 0 Å². The van der Waals surface area contributed by atoms with E-state index < -0.39 is 0 Å². The highest BCUT2D eigenvalue weighted by Crippen LogP contribution is 2.20. The third-order valence-electron chi connectivity index (χ3n) is 4.64. The summed E-state index contributed by atoms with van der Waals surface area (Å²) in [6.45, 7) is 2.51. The summed E-state index contributed by atoms with van der Waals surface area (Å²) < 4.78 is 5.33. The number of likely N-dealkylation sites (tertiary alicyclic amines) is 1. The fourth-order valence-electron chi connectivity index (χ4n) is 3.19. The second-order valence-corrected chi connectivity index (χ2v) is 6.24. The van der Waals surface area contributed by atoms with Crippen molar-refractivity contribution in [1.29, 1.82) is 0 Å². The SMILES string of the molecule is COc1ccccc1CC(=O)N1CCC(NCc2cc[nH]c2)CC1. The lowest BCUT2D eigenvalue weighted by Crippen LogP contribution is -2.45. The van der Waals surface area contributed by atoms with Crippen molar-refractivity contribution in [3.63, 3.8) is 0 Å². The molecule has 1 saturated heterocycles. The molecule has 0 radical (unpaired) electrons. The summed E-state index contributed by atoms with van der Waals surface area (Å²) >= 11 is 0. The first-order chi connectivity index (χ1) is 11.8. The van der Waals surface area contributed by atoms with Gasteiger partial charge in [-0.05, 0) is 30.5 Å². The van der Waals surface area contributed by atoms with Crippen LogP contribution in [0.3, 0.4) is 0 Å². The third-order valence-corrected chi connectivity index (χ3v) is 4.64. The maximum atomic E-state index is 12.5. The van der Waals surface area contributed by atoms with E-state index in [2.05, 4.69) is 16.4 Å². The van der Waals surface area contributed by atoms with Gasteiger partial charge in [0.05, 0.1) is 13.5 Å². The Labute approximate surface area is 143 Å². The number of para-hydroxylation sites is 1. The molecule has 128 valence electrons. The summed E-state index contributed by atoms with van der Waals surface area (Å²) in [5.41, 5.74) is 2.22. The highest BCUT2D eigenvalue weighted by molar-refractivity contribution is 5.79. The van der Waals surface area contributed by atoms with Gasteiger partial charge in [-0.1, -0.05) is 18.2 Å². The van der Waals surface area contributed by atoms with Crippen LogP contribution in [0, 0.1) is 0 Å². The molecule has 0 unspecified atom stereocenters. The van der Waals surface area contributed by atoms with E-state index in [1.165, 1.54) is 5.56 Å². The van der Waals surface area contributed by atoms with Crippen LogP contribution in [0.5, 0.6) is 5.75 Å². The summed E-state index contributed by atoms with van der Waals surface area (Å²) in [5.74, 6) is 0.970. The van der Waals surface area contributed by atoms with Gasteiger partial charge < -0.3 is 19.9 Å². The number of hydrogen-bond donors (Lipinski definition) is 2. The largest absolute Gasteiger partial charge is 0.496 e. The zero-order chi connectivity index (χ0) is 16.8. The number of amides is 1. The number of aromatic amines is 1. The molecule has 2 N–H and O–H groups in total. The number of benzene rings is 1. The van der Waals surface area contributed by atoms with Crippen LogP contribution < -0.4 is 10.1 Å². The van der Waals surface area contributed by atoms with Crippen molar-refractivity contribution in [2.75, 3.05) is 20.2 Å². The number of methoxy groups -OCH3 is 1. The van der Waals surface area contributed by atoms with Crippen LogP contribution in [0.4, 0.5) is 0 Å². The average molecular weight is 327 g/mol. The highest BCUT2D eigenvalue weighted by atomic mass is 16.5. The molecule has 1 aliphatic heterocycles. The van der Waals surface area contributed by atoms with Crippen LogP contribution in [0.1, 0.15) is 24.0 Å². The van der Waals surface area contributed by atoms with Gasteiger partial charge in [0, 0.05) is 43.6 Å². The number of nitrogens with zero attached hydrogens (tertiary/aromatic N) is 1. The molecule has 0 spiro atoms. The fourth-order valence-corrected chi connectivity index (χ4v) is 3.19. The van der Waals surface area contributed by atoms with Crippen molar-refractivity contribution in [1.82, 2.24) is 15.2 Å². The van der Waals surface area contributed by atoms with Gasteiger partial charge in [0.25, 0.3) is 0 Å². The molecule has 1 aromatic heterocycles. The Balaban J connectivity index is 1.46. The van der Waals surface area contributed by atoms with Crippen LogP contribution in [0.25, 0.3) is 0 Å². The molecule has 1 amide bonds. The van der Waals surface area contributed by atoms with E-state index in [0.717, 1.165) is 43.8 Å². The van der Waals surface area contributed by atoms with Crippen LogP contribution in [0.15, 0.2) is 42.7 Å². The average Bonchev–Trinajstić information content (AvgIpc) is 3.14. The second-order valence-electron chi connectivity index (χ2n) is 6.24. The minimum atomic E-state index is 0.184. The Hall–Kier alpha value is -2.27. The molecule has 0 bridgehead atoms. The van der Waals surface area contributed by atoms with Crippen molar-refractivity contribution in [3.8, 4) is 5.75 Å².